The summed E-state index contributed by atoms with van der Waals surface area (Å²) in [6.45, 7) is 0. The number of aromatic nitrogens is 1. The van der Waals surface area contributed by atoms with Crippen LogP contribution in [-0.2, 0) is 4.79 Å². The smallest absolute Gasteiger partial charge is 0.229 e. The molecule has 4 nitrogen and oxygen atoms in total. The van der Waals surface area contributed by atoms with E-state index in [4.69, 9.17) is 4.42 Å². The lowest BCUT2D eigenvalue weighted by molar-refractivity contribution is -0.105. The first kappa shape index (κ1) is 10.5. The van der Waals surface area contributed by atoms with Crippen LogP contribution in [0.25, 0.3) is 22.6 Å². The molecule has 1 amide bonds. The summed E-state index contributed by atoms with van der Waals surface area (Å²) in [5.74, 6) is 0.501. The lowest BCUT2D eigenvalue weighted by Crippen LogP contribution is -1.95. The normalized spacial score (nSPS) is 10.4. The highest BCUT2D eigenvalue weighted by Crippen LogP contribution is 2.29. The van der Waals surface area contributed by atoms with Gasteiger partial charge in [0.2, 0.25) is 12.3 Å². The van der Waals surface area contributed by atoms with Crippen molar-refractivity contribution in [2.75, 3.05) is 5.32 Å². The number of oxazole rings is 1. The second-order valence-corrected chi connectivity index (χ2v) is 3.79. The van der Waals surface area contributed by atoms with Crippen molar-refractivity contribution in [3.05, 3.63) is 48.5 Å². The van der Waals surface area contributed by atoms with Gasteiger partial charge in [0.25, 0.3) is 0 Å². The van der Waals surface area contributed by atoms with Gasteiger partial charge in [-0.05, 0) is 24.3 Å². The average molecular weight is 238 g/mol. The van der Waals surface area contributed by atoms with Crippen LogP contribution < -0.4 is 5.32 Å². The number of anilines is 1. The zero-order chi connectivity index (χ0) is 12.4. The Morgan fingerprint density at radius 1 is 1.06 bits per heavy atom. The van der Waals surface area contributed by atoms with Crippen LogP contribution in [0.1, 0.15) is 0 Å². The Hall–Kier alpha value is -2.62. The molecule has 3 aromatic rings. The maximum absolute atomic E-state index is 10.6. The number of carbonyl (C=O) groups is 1. The number of rotatable bonds is 3. The zero-order valence-electron chi connectivity index (χ0n) is 9.46. The van der Waals surface area contributed by atoms with E-state index in [1.807, 2.05) is 42.5 Å². The van der Waals surface area contributed by atoms with Crippen molar-refractivity contribution in [1.29, 1.82) is 0 Å². The van der Waals surface area contributed by atoms with Crippen molar-refractivity contribution in [3.8, 4) is 11.5 Å². The van der Waals surface area contributed by atoms with Gasteiger partial charge in [0.1, 0.15) is 5.52 Å². The molecule has 0 unspecified atom stereocenters. The first-order chi connectivity index (χ1) is 8.88. The Labute approximate surface area is 103 Å². The molecule has 3 rings (SSSR count). The number of hydrogen-bond donors (Lipinski definition) is 1. The van der Waals surface area contributed by atoms with Gasteiger partial charge in [-0.15, -0.1) is 0 Å². The van der Waals surface area contributed by atoms with Crippen LogP contribution in [0.5, 0.6) is 0 Å². The van der Waals surface area contributed by atoms with Gasteiger partial charge in [-0.1, -0.05) is 24.3 Å². The van der Waals surface area contributed by atoms with Crippen LogP contribution in [0.4, 0.5) is 5.69 Å². The highest BCUT2D eigenvalue weighted by atomic mass is 16.3. The summed E-state index contributed by atoms with van der Waals surface area (Å²) in [4.78, 5) is 15.0. The lowest BCUT2D eigenvalue weighted by atomic mass is 10.2. The first-order valence-corrected chi connectivity index (χ1v) is 5.53. The number of hydrogen-bond acceptors (Lipinski definition) is 3. The van der Waals surface area contributed by atoms with Crippen LogP contribution in [0.15, 0.2) is 52.9 Å². The van der Waals surface area contributed by atoms with Crippen molar-refractivity contribution in [2.24, 2.45) is 0 Å². The van der Waals surface area contributed by atoms with Crippen LogP contribution >= 0.6 is 0 Å². The molecular weight excluding hydrogens is 228 g/mol. The van der Waals surface area contributed by atoms with E-state index in [0.717, 1.165) is 16.7 Å². The number of para-hydroxylation sites is 3. The zero-order valence-corrected chi connectivity index (χ0v) is 9.46. The fraction of sp³-hybridized carbons (Fsp3) is 0. The summed E-state index contributed by atoms with van der Waals surface area (Å²) in [6.07, 6.45) is 0.640. The number of fused-ring (bicyclic) bond motifs is 1. The lowest BCUT2D eigenvalue weighted by Gasteiger charge is -2.03. The monoisotopic (exact) mass is 238 g/mol. The van der Waals surface area contributed by atoms with Gasteiger partial charge in [-0.3, -0.25) is 4.79 Å². The minimum Gasteiger partial charge on any atom is -0.436 e. The fourth-order valence-corrected chi connectivity index (χ4v) is 1.85. The number of benzene rings is 2. The summed E-state index contributed by atoms with van der Waals surface area (Å²) in [7, 11) is 0. The molecule has 1 heterocycles. The molecule has 0 spiro atoms. The highest BCUT2D eigenvalue weighted by molar-refractivity contribution is 5.84. The largest absolute Gasteiger partial charge is 0.436 e. The van der Waals surface area contributed by atoms with Crippen molar-refractivity contribution in [1.82, 2.24) is 4.98 Å². The van der Waals surface area contributed by atoms with E-state index in [-0.39, 0.29) is 0 Å². The van der Waals surface area contributed by atoms with Crippen molar-refractivity contribution in [3.63, 3.8) is 0 Å². The molecule has 0 bridgehead atoms. The predicted molar refractivity (Wildman–Crippen MR) is 69.1 cm³/mol. The average Bonchev–Trinajstić information content (AvgIpc) is 2.83. The summed E-state index contributed by atoms with van der Waals surface area (Å²) >= 11 is 0. The SMILES string of the molecule is O=CNc1ccccc1-c1nc2ccccc2o1. The fourth-order valence-electron chi connectivity index (χ4n) is 1.85. The van der Waals surface area contributed by atoms with E-state index in [1.165, 1.54) is 0 Å². The van der Waals surface area contributed by atoms with Gasteiger partial charge in [-0.25, -0.2) is 4.98 Å². The van der Waals surface area contributed by atoms with Crippen molar-refractivity contribution < 1.29 is 9.21 Å². The molecule has 18 heavy (non-hydrogen) atoms. The second kappa shape index (κ2) is 4.33. The quantitative estimate of drug-likeness (QED) is 0.713. The molecular formula is C14H10N2O2. The Balaban J connectivity index is 2.16. The molecule has 0 aliphatic carbocycles. The summed E-state index contributed by atoms with van der Waals surface area (Å²) in [5.41, 5.74) is 2.97. The van der Waals surface area contributed by atoms with Crippen LogP contribution in [-0.4, -0.2) is 11.4 Å². The van der Waals surface area contributed by atoms with E-state index in [1.54, 1.807) is 6.07 Å². The van der Waals surface area contributed by atoms with Gasteiger partial charge < -0.3 is 9.73 Å². The van der Waals surface area contributed by atoms with E-state index in [9.17, 15) is 4.79 Å². The molecule has 88 valence electrons. The Bertz CT molecular complexity index is 671. The second-order valence-electron chi connectivity index (χ2n) is 3.79. The molecule has 0 fully saturated rings. The van der Waals surface area contributed by atoms with Gasteiger partial charge >= 0.3 is 0 Å². The van der Waals surface area contributed by atoms with E-state index in [2.05, 4.69) is 10.3 Å². The van der Waals surface area contributed by atoms with Crippen LogP contribution in [0, 0.1) is 0 Å². The maximum atomic E-state index is 10.6. The summed E-state index contributed by atoms with van der Waals surface area (Å²) < 4.78 is 5.67. The molecule has 0 aliphatic heterocycles. The molecule has 0 atom stereocenters. The molecule has 0 aliphatic rings. The molecule has 1 N–H and O–H groups in total. The third-order valence-corrected chi connectivity index (χ3v) is 2.67. The minimum atomic E-state index is 0.501. The van der Waals surface area contributed by atoms with Gasteiger partial charge in [0.05, 0.1) is 11.3 Å². The molecule has 0 saturated heterocycles. The van der Waals surface area contributed by atoms with E-state index >= 15 is 0 Å². The van der Waals surface area contributed by atoms with E-state index in [0.29, 0.717) is 18.0 Å². The summed E-state index contributed by atoms with van der Waals surface area (Å²) in [6, 6.07) is 14.9. The van der Waals surface area contributed by atoms with Crippen LogP contribution in [0.2, 0.25) is 0 Å². The third-order valence-electron chi connectivity index (χ3n) is 2.67. The standard InChI is InChI=1S/C14H10N2O2/c17-9-15-11-6-2-1-5-10(11)14-16-12-7-3-4-8-13(12)18-14/h1-9H,(H,15,17). The third kappa shape index (κ3) is 1.73. The Morgan fingerprint density at radius 2 is 1.83 bits per heavy atom. The van der Waals surface area contributed by atoms with Gasteiger partial charge in [0, 0.05) is 0 Å². The van der Waals surface area contributed by atoms with Crippen LogP contribution in [0.3, 0.4) is 0 Å². The molecule has 1 aromatic heterocycles. The van der Waals surface area contributed by atoms with Gasteiger partial charge in [-0.2, -0.15) is 0 Å². The number of amides is 1. The van der Waals surface area contributed by atoms with Crippen molar-refractivity contribution >= 4 is 23.2 Å². The molecule has 0 saturated carbocycles. The van der Waals surface area contributed by atoms with Crippen molar-refractivity contribution in [2.45, 2.75) is 0 Å². The summed E-state index contributed by atoms with van der Waals surface area (Å²) in [5, 5.41) is 2.64. The maximum Gasteiger partial charge on any atom is 0.229 e. The molecule has 2 aromatic carbocycles. The Morgan fingerprint density at radius 3 is 2.67 bits per heavy atom. The highest BCUT2D eigenvalue weighted by Gasteiger charge is 2.11. The van der Waals surface area contributed by atoms with Gasteiger partial charge in [0.15, 0.2) is 5.58 Å². The van der Waals surface area contributed by atoms with E-state index < -0.39 is 0 Å². The molecule has 4 heteroatoms. The number of nitrogens with one attached hydrogen (secondary N) is 1. The predicted octanol–water partition coefficient (Wildman–Crippen LogP) is 3.06. The number of carbonyl (C=O) groups excluding carboxylic acids is 1. The minimum absolute atomic E-state index is 0.501. The number of nitrogens with zero attached hydrogens (tertiary/aromatic N) is 1. The topological polar surface area (TPSA) is 55.1 Å². The first-order valence-electron chi connectivity index (χ1n) is 5.53. The Kier molecular flexibility index (Phi) is 2.53. The molecule has 0 radical (unpaired) electrons.